The molecular weight excluding hydrogens is 869 g/mol. The van der Waals surface area contributed by atoms with Crippen LogP contribution in [0, 0.1) is 0 Å². The maximum absolute atomic E-state index is 7.44. The maximum Gasteiger partial charge on any atom is 0.161 e. The summed E-state index contributed by atoms with van der Waals surface area (Å²) in [5.74, 6) is 0. The molecule has 0 fully saturated rings. The van der Waals surface area contributed by atoms with E-state index in [0.717, 1.165) is 72.8 Å². The Morgan fingerprint density at radius 3 is 1.13 bits per heavy atom. The number of hydrogen-bond acceptors (Lipinski definition) is 3. The largest absolute Gasteiger partial charge is 0.453 e. The Balaban J connectivity index is 1.12. The van der Waals surface area contributed by atoms with Crippen molar-refractivity contribution in [2.24, 2.45) is 0 Å². The minimum Gasteiger partial charge on any atom is -0.453 e. The van der Waals surface area contributed by atoms with E-state index in [1.165, 1.54) is 25.1 Å². The molecule has 0 aliphatic rings. The molecule has 334 valence electrons. The summed E-state index contributed by atoms with van der Waals surface area (Å²) in [6.07, 6.45) is 0. The Morgan fingerprint density at radius 2 is 0.629 bits per heavy atom. The number of para-hydroxylation sites is 3. The lowest BCUT2D eigenvalue weighted by atomic mass is 10.0. The topological polar surface area (TPSA) is 19.6 Å². The van der Waals surface area contributed by atoms with Crippen LogP contribution in [-0.2, 0) is 0 Å². The summed E-state index contributed by atoms with van der Waals surface area (Å²) >= 11 is 0. The molecule has 0 aliphatic carbocycles. The summed E-state index contributed by atoms with van der Waals surface area (Å²) in [5, 5.41) is 2.07. The van der Waals surface area contributed by atoms with E-state index in [0.29, 0.717) is 0 Å². The summed E-state index contributed by atoms with van der Waals surface area (Å²) < 4.78 is 7.44. The quantitative estimate of drug-likeness (QED) is 0.122. The molecule has 12 aromatic rings. The first-order chi connectivity index (χ1) is 34.8. The molecule has 0 saturated carbocycles. The van der Waals surface area contributed by atoms with Gasteiger partial charge in [-0.1, -0.05) is 182 Å². The van der Waals surface area contributed by atoms with Crippen LogP contribution in [0.25, 0.3) is 44.2 Å². The highest BCUT2D eigenvalue weighted by molar-refractivity contribution is 8.34. The Labute approximate surface area is 411 Å². The van der Waals surface area contributed by atoms with Crippen molar-refractivity contribution in [3.05, 3.63) is 291 Å². The van der Waals surface area contributed by atoms with Gasteiger partial charge in [-0.2, -0.15) is 0 Å². The fraction of sp³-hybridized carbons (Fsp3) is 0. The summed E-state index contributed by atoms with van der Waals surface area (Å²) in [6, 6.07) is 105. The van der Waals surface area contributed by atoms with E-state index < -0.39 is 10.0 Å². The second-order valence-corrected chi connectivity index (χ2v) is 20.4. The highest BCUT2D eigenvalue weighted by Gasteiger charge is 2.34. The van der Waals surface area contributed by atoms with Crippen LogP contribution >= 0.6 is 10.0 Å². The van der Waals surface area contributed by atoms with Crippen LogP contribution < -0.4 is 9.80 Å². The molecule has 12 rings (SSSR count). The molecule has 3 nitrogen and oxygen atoms in total. The Morgan fingerprint density at radius 1 is 0.257 bits per heavy atom. The molecule has 0 N–H and O–H groups in total. The standard InChI is InChI=1S/C66H48N2OS/c1-8-23-49(24-9-1)50-39-41-54(42-40-50)68(55-43-45-59(46-44-55)70(56-31-16-5-17-32-56,57-33-18-6-19-34-57)58-35-20-7-21-36-58)63-48-47-62(67(52-27-12-3-13-28-52)53-29-14-4-15-30-53)64-61-38-22-37-60(65(61)69-66(63)64)51-25-10-2-11-26-51/h1-48H. The molecule has 0 radical (unpaired) electrons. The Bertz CT molecular complexity index is 3530. The molecule has 1 aromatic heterocycles. The van der Waals surface area contributed by atoms with Crippen LogP contribution in [0.15, 0.2) is 315 Å². The first-order valence-electron chi connectivity index (χ1n) is 23.7. The minimum absolute atomic E-state index is 0.793. The lowest BCUT2D eigenvalue weighted by Crippen LogP contribution is -2.13. The number of hydrogen-bond donors (Lipinski definition) is 0. The van der Waals surface area contributed by atoms with Crippen molar-refractivity contribution in [2.75, 3.05) is 9.80 Å². The number of nitrogens with zero attached hydrogens (tertiary/aromatic N) is 2. The molecule has 1 heterocycles. The Hall–Kier alpha value is -8.83. The second kappa shape index (κ2) is 18.7. The monoisotopic (exact) mass is 916 g/mol. The SMILES string of the molecule is c1ccc(-c2ccc(N(c3ccc(S(c4ccccc4)(c4ccccc4)c4ccccc4)cc3)c3ccc(N(c4ccccc4)c4ccccc4)c4c3oc3c(-c5ccccc5)cccc34)cc2)cc1. The molecule has 0 amide bonds. The van der Waals surface area contributed by atoms with Crippen LogP contribution in [0.5, 0.6) is 0 Å². The smallest absolute Gasteiger partial charge is 0.161 e. The number of furan rings is 1. The highest BCUT2D eigenvalue weighted by Crippen LogP contribution is 2.73. The van der Waals surface area contributed by atoms with Gasteiger partial charge in [0.2, 0.25) is 0 Å². The summed E-state index contributed by atoms with van der Waals surface area (Å²) in [7, 11) is -1.91. The van der Waals surface area contributed by atoms with E-state index in [1.807, 2.05) is 0 Å². The van der Waals surface area contributed by atoms with E-state index in [2.05, 4.69) is 301 Å². The zero-order chi connectivity index (χ0) is 46.7. The lowest BCUT2D eigenvalue weighted by Gasteiger charge is -2.42. The maximum atomic E-state index is 7.44. The molecule has 0 bridgehead atoms. The van der Waals surface area contributed by atoms with E-state index in [1.54, 1.807) is 0 Å². The van der Waals surface area contributed by atoms with Crippen molar-refractivity contribution < 1.29 is 4.42 Å². The minimum atomic E-state index is -1.91. The zero-order valence-corrected chi connectivity index (χ0v) is 39.2. The van der Waals surface area contributed by atoms with Crippen LogP contribution in [-0.4, -0.2) is 0 Å². The van der Waals surface area contributed by atoms with Crippen molar-refractivity contribution in [3.8, 4) is 22.3 Å². The molecule has 4 heteroatoms. The normalized spacial score (nSPS) is 11.7. The van der Waals surface area contributed by atoms with E-state index in [4.69, 9.17) is 4.42 Å². The number of rotatable bonds is 12. The van der Waals surface area contributed by atoms with Crippen LogP contribution in [0.2, 0.25) is 0 Å². The summed E-state index contributed by atoms with van der Waals surface area (Å²) in [4.78, 5) is 9.81. The van der Waals surface area contributed by atoms with Crippen molar-refractivity contribution in [1.82, 2.24) is 0 Å². The van der Waals surface area contributed by atoms with Gasteiger partial charge in [0, 0.05) is 53.3 Å². The van der Waals surface area contributed by atoms with Gasteiger partial charge in [0.15, 0.2) is 5.58 Å². The molecule has 0 spiro atoms. The highest BCUT2D eigenvalue weighted by atomic mass is 32.3. The third-order valence-electron chi connectivity index (χ3n) is 13.2. The van der Waals surface area contributed by atoms with Crippen LogP contribution in [0.4, 0.5) is 34.1 Å². The Kier molecular flexibility index (Phi) is 11.4. The molecule has 11 aromatic carbocycles. The van der Waals surface area contributed by atoms with Crippen molar-refractivity contribution in [3.63, 3.8) is 0 Å². The van der Waals surface area contributed by atoms with Gasteiger partial charge in [0.25, 0.3) is 0 Å². The van der Waals surface area contributed by atoms with E-state index in [9.17, 15) is 0 Å². The van der Waals surface area contributed by atoms with Gasteiger partial charge in [0.05, 0.1) is 16.8 Å². The van der Waals surface area contributed by atoms with Crippen molar-refractivity contribution in [2.45, 2.75) is 19.6 Å². The zero-order valence-electron chi connectivity index (χ0n) is 38.4. The predicted octanol–water partition coefficient (Wildman–Crippen LogP) is 19.2. The average molecular weight is 917 g/mol. The van der Waals surface area contributed by atoms with Crippen LogP contribution in [0.3, 0.4) is 0 Å². The molecule has 0 saturated heterocycles. The van der Waals surface area contributed by atoms with Gasteiger partial charge in [-0.05, 0) is 126 Å². The second-order valence-electron chi connectivity index (χ2n) is 17.3. The third kappa shape index (κ3) is 7.61. The fourth-order valence-corrected chi connectivity index (χ4v) is 13.9. The third-order valence-corrected chi connectivity index (χ3v) is 17.1. The summed E-state index contributed by atoms with van der Waals surface area (Å²) in [6.45, 7) is 0. The molecule has 0 unspecified atom stereocenters. The van der Waals surface area contributed by atoms with Gasteiger partial charge >= 0.3 is 0 Å². The number of anilines is 6. The van der Waals surface area contributed by atoms with E-state index >= 15 is 0 Å². The lowest BCUT2D eigenvalue weighted by molar-refractivity contribution is 0.670. The van der Waals surface area contributed by atoms with Gasteiger partial charge < -0.3 is 14.2 Å². The van der Waals surface area contributed by atoms with Gasteiger partial charge in [-0.25, -0.2) is 0 Å². The van der Waals surface area contributed by atoms with Crippen molar-refractivity contribution in [1.29, 1.82) is 0 Å². The number of fused-ring (bicyclic) bond motifs is 3. The predicted molar refractivity (Wildman–Crippen MR) is 294 cm³/mol. The first-order valence-corrected chi connectivity index (χ1v) is 25.4. The van der Waals surface area contributed by atoms with Crippen LogP contribution in [0.1, 0.15) is 0 Å². The molecule has 70 heavy (non-hydrogen) atoms. The van der Waals surface area contributed by atoms with Gasteiger partial charge in [0.1, 0.15) is 5.58 Å². The van der Waals surface area contributed by atoms with Gasteiger partial charge in [-0.3, -0.25) is 0 Å². The first kappa shape index (κ1) is 42.5. The molecule has 0 aliphatic heterocycles. The fourth-order valence-electron chi connectivity index (χ4n) is 10.0. The van der Waals surface area contributed by atoms with Crippen molar-refractivity contribution >= 4 is 66.1 Å². The van der Waals surface area contributed by atoms with Gasteiger partial charge in [-0.15, -0.1) is 10.0 Å². The summed E-state index contributed by atoms with van der Waals surface area (Å²) in [5.41, 5.74) is 12.2. The van der Waals surface area contributed by atoms with E-state index in [-0.39, 0.29) is 0 Å². The number of benzene rings is 11. The molecular formula is C66H48N2OS. The average Bonchev–Trinajstić information content (AvgIpc) is 3.85. The molecule has 0 atom stereocenters.